The Balaban J connectivity index is 1.96. The Kier molecular flexibility index (Phi) is 7.44. The zero-order valence-electron chi connectivity index (χ0n) is 19.6. The molecule has 2 N–H and O–H groups in total. The predicted molar refractivity (Wildman–Crippen MR) is 124 cm³/mol. The summed E-state index contributed by atoms with van der Waals surface area (Å²) in [5.41, 5.74) is -2.08. The maximum atomic E-state index is 13.5. The van der Waals surface area contributed by atoms with Crippen molar-refractivity contribution in [3.8, 4) is 5.75 Å². The minimum Gasteiger partial charge on any atom is -0.486 e. The normalized spacial score (nSPS) is 16.1. The van der Waals surface area contributed by atoms with Crippen LogP contribution in [0.15, 0.2) is 47.4 Å². The molecule has 1 heterocycles. The molecule has 1 aliphatic rings. The number of alkyl halides is 3. The Morgan fingerprint density at radius 3 is 2.50 bits per heavy atom. The van der Waals surface area contributed by atoms with Gasteiger partial charge < -0.3 is 14.6 Å². The molecule has 2 aromatic rings. The van der Waals surface area contributed by atoms with Crippen LogP contribution in [0.3, 0.4) is 0 Å². The summed E-state index contributed by atoms with van der Waals surface area (Å²) in [6.07, 6.45) is -7.18. The van der Waals surface area contributed by atoms with Crippen molar-refractivity contribution in [2.24, 2.45) is 0 Å². The fraction of sp³-hybridized carbons (Fsp3) is 0.391. The molecular formula is C23H25F3N2O7S. The minimum absolute atomic E-state index is 0.0166. The van der Waals surface area contributed by atoms with Crippen molar-refractivity contribution in [3.05, 3.63) is 48.0 Å². The number of hydrogen-bond acceptors (Lipinski definition) is 6. The summed E-state index contributed by atoms with van der Waals surface area (Å²) >= 11 is 0. The number of carbonyl (C=O) groups excluding carboxylic acids is 1. The molecule has 0 bridgehead atoms. The number of anilines is 2. The third kappa shape index (κ3) is 6.01. The smallest absolute Gasteiger partial charge is 0.427 e. The van der Waals surface area contributed by atoms with Crippen molar-refractivity contribution in [2.45, 2.75) is 56.4 Å². The van der Waals surface area contributed by atoms with Crippen LogP contribution in [0.1, 0.15) is 32.3 Å². The largest absolute Gasteiger partial charge is 0.486 e. The zero-order chi connectivity index (χ0) is 26.9. The third-order valence-corrected chi connectivity index (χ3v) is 7.20. The van der Waals surface area contributed by atoms with Crippen LogP contribution in [0.5, 0.6) is 5.75 Å². The van der Waals surface area contributed by atoms with E-state index in [0.29, 0.717) is 19.4 Å². The minimum atomic E-state index is -4.81. The Morgan fingerprint density at radius 2 is 1.89 bits per heavy atom. The lowest BCUT2D eigenvalue weighted by Crippen LogP contribution is -2.44. The van der Waals surface area contributed by atoms with Crippen molar-refractivity contribution >= 4 is 33.5 Å². The maximum Gasteiger partial charge on any atom is 0.427 e. The number of carboxylic acids is 1. The van der Waals surface area contributed by atoms with Gasteiger partial charge in [0.15, 0.2) is 0 Å². The molecule has 0 fully saturated rings. The molecule has 1 amide bonds. The summed E-state index contributed by atoms with van der Waals surface area (Å²) in [5, 5.41) is 11.2. The first-order chi connectivity index (χ1) is 16.6. The number of benzene rings is 2. The number of nitrogens with zero attached hydrogens (tertiary/aromatic N) is 1. The quantitative estimate of drug-likeness (QED) is 0.532. The standard InChI is InChI=1S/C23H25F3N2O7S/c1-14-5-4-6-17(11-14)36(32,33)28-13-16(8-10-20(29)30)34-19-9-7-15(12-18(19)28)27-21(31)35-22(2,3)23(24,25)26/h4-7,9,11-12,16H,8,10,13H2,1-3H3,(H,27,31)(H,29,30). The van der Waals surface area contributed by atoms with Gasteiger partial charge in [0.25, 0.3) is 10.0 Å². The number of sulfonamides is 1. The van der Waals surface area contributed by atoms with Crippen molar-refractivity contribution in [1.82, 2.24) is 0 Å². The van der Waals surface area contributed by atoms with Gasteiger partial charge in [-0.25, -0.2) is 13.2 Å². The average molecular weight is 531 g/mol. The van der Waals surface area contributed by atoms with E-state index < -0.39 is 40.0 Å². The number of ether oxygens (including phenoxy) is 2. The number of halogens is 3. The van der Waals surface area contributed by atoms with Gasteiger partial charge in [-0.3, -0.25) is 14.4 Å². The molecule has 0 saturated carbocycles. The Morgan fingerprint density at radius 1 is 1.19 bits per heavy atom. The fourth-order valence-corrected chi connectivity index (χ4v) is 4.99. The van der Waals surface area contributed by atoms with Gasteiger partial charge in [0.2, 0.25) is 5.60 Å². The Bertz CT molecular complexity index is 1260. The van der Waals surface area contributed by atoms with Gasteiger partial charge in [0, 0.05) is 12.1 Å². The van der Waals surface area contributed by atoms with E-state index >= 15 is 0 Å². The molecule has 0 radical (unpaired) electrons. The summed E-state index contributed by atoms with van der Waals surface area (Å²) in [6.45, 7) is 2.89. The van der Waals surface area contributed by atoms with E-state index in [1.54, 1.807) is 19.1 Å². The zero-order valence-corrected chi connectivity index (χ0v) is 20.4. The molecule has 0 aliphatic carbocycles. The lowest BCUT2D eigenvalue weighted by Gasteiger charge is -2.35. The number of amides is 1. The molecule has 196 valence electrons. The topological polar surface area (TPSA) is 122 Å². The molecule has 3 rings (SSSR count). The monoisotopic (exact) mass is 530 g/mol. The molecule has 1 atom stereocenters. The summed E-state index contributed by atoms with van der Waals surface area (Å²) in [4.78, 5) is 23.1. The fourth-order valence-electron chi connectivity index (χ4n) is 3.39. The van der Waals surface area contributed by atoms with Crippen molar-refractivity contribution < 1.29 is 45.8 Å². The van der Waals surface area contributed by atoms with E-state index in [9.17, 15) is 31.2 Å². The summed E-state index contributed by atoms with van der Waals surface area (Å²) in [7, 11) is -4.15. The molecular weight excluding hydrogens is 505 g/mol. The first-order valence-corrected chi connectivity index (χ1v) is 12.2. The predicted octanol–water partition coefficient (Wildman–Crippen LogP) is 4.71. The maximum absolute atomic E-state index is 13.5. The van der Waals surface area contributed by atoms with Gasteiger partial charge in [-0.1, -0.05) is 12.1 Å². The summed E-state index contributed by atoms with van der Waals surface area (Å²) in [6, 6.07) is 10.0. The van der Waals surface area contributed by atoms with Crippen LogP contribution in [0.4, 0.5) is 29.3 Å². The van der Waals surface area contributed by atoms with Gasteiger partial charge >= 0.3 is 18.2 Å². The van der Waals surface area contributed by atoms with Gasteiger partial charge in [0.05, 0.1) is 17.1 Å². The molecule has 0 saturated heterocycles. The number of aryl methyl sites for hydroxylation is 1. The van der Waals surface area contributed by atoms with Gasteiger partial charge in [-0.2, -0.15) is 13.2 Å². The van der Waals surface area contributed by atoms with E-state index in [-0.39, 0.29) is 41.4 Å². The van der Waals surface area contributed by atoms with E-state index in [2.05, 4.69) is 10.1 Å². The van der Waals surface area contributed by atoms with Gasteiger partial charge in [0.1, 0.15) is 11.9 Å². The highest BCUT2D eigenvalue weighted by molar-refractivity contribution is 7.92. The van der Waals surface area contributed by atoms with E-state index in [1.807, 2.05) is 0 Å². The molecule has 13 heteroatoms. The van der Waals surface area contributed by atoms with Crippen LogP contribution in [-0.2, 0) is 19.6 Å². The highest BCUT2D eigenvalue weighted by Gasteiger charge is 2.51. The second kappa shape index (κ2) is 9.88. The SMILES string of the molecule is Cc1cccc(S(=O)(=O)N2CC(CCC(=O)O)Oc3ccc(NC(=O)OC(C)(C)C(F)(F)F)cc32)c1. The van der Waals surface area contributed by atoms with Gasteiger partial charge in [-0.05, 0) is 63.1 Å². The van der Waals surface area contributed by atoms with Crippen molar-refractivity contribution in [3.63, 3.8) is 0 Å². The van der Waals surface area contributed by atoms with E-state index in [4.69, 9.17) is 9.84 Å². The number of rotatable bonds is 7. The van der Waals surface area contributed by atoms with E-state index in [0.717, 1.165) is 4.31 Å². The highest BCUT2D eigenvalue weighted by Crippen LogP contribution is 2.40. The van der Waals surface area contributed by atoms with Crippen LogP contribution < -0.4 is 14.4 Å². The molecule has 0 spiro atoms. The first kappa shape index (κ1) is 27.1. The molecule has 1 aliphatic heterocycles. The lowest BCUT2D eigenvalue weighted by atomic mass is 10.1. The van der Waals surface area contributed by atoms with Crippen LogP contribution >= 0.6 is 0 Å². The van der Waals surface area contributed by atoms with Crippen molar-refractivity contribution in [2.75, 3.05) is 16.2 Å². The number of fused-ring (bicyclic) bond motifs is 1. The second-order valence-corrected chi connectivity index (χ2v) is 10.6. The molecule has 9 nitrogen and oxygen atoms in total. The number of carboxylic acid groups (broad SMARTS) is 1. The second-order valence-electron chi connectivity index (χ2n) is 8.73. The van der Waals surface area contributed by atoms with Gasteiger partial charge in [-0.15, -0.1) is 0 Å². The molecule has 36 heavy (non-hydrogen) atoms. The third-order valence-electron chi connectivity index (χ3n) is 5.43. The molecule has 2 aromatic carbocycles. The van der Waals surface area contributed by atoms with Crippen molar-refractivity contribution in [1.29, 1.82) is 0 Å². The van der Waals surface area contributed by atoms with E-state index in [1.165, 1.54) is 30.3 Å². The summed E-state index contributed by atoms with van der Waals surface area (Å²) < 4.78 is 77.5. The Hall–Kier alpha value is -3.48. The number of carbonyl (C=O) groups is 2. The Labute approximate surface area is 205 Å². The van der Waals surface area contributed by atoms with Crippen LogP contribution in [-0.4, -0.2) is 50.0 Å². The van der Waals surface area contributed by atoms with Crippen LogP contribution in [0.25, 0.3) is 0 Å². The molecule has 1 unspecified atom stereocenters. The first-order valence-electron chi connectivity index (χ1n) is 10.8. The lowest BCUT2D eigenvalue weighted by molar-refractivity contribution is -0.242. The van der Waals surface area contributed by atoms with Crippen LogP contribution in [0.2, 0.25) is 0 Å². The van der Waals surface area contributed by atoms with Crippen LogP contribution in [0, 0.1) is 6.92 Å². The highest BCUT2D eigenvalue weighted by atomic mass is 32.2. The average Bonchev–Trinajstić information content (AvgIpc) is 2.76. The number of nitrogens with one attached hydrogen (secondary N) is 1. The number of aliphatic carboxylic acids is 1. The number of hydrogen-bond donors (Lipinski definition) is 2. The molecule has 0 aromatic heterocycles. The summed E-state index contributed by atoms with van der Waals surface area (Å²) in [5.74, 6) is -0.972.